The number of halogens is 6. The number of rotatable bonds is 7. The minimum Gasteiger partial charge on any atom is -0.489 e. The quantitative estimate of drug-likeness (QED) is 0.315. The number of aliphatic hydroxyl groups excluding tert-OH is 1. The molecule has 0 unspecified atom stereocenters. The zero-order chi connectivity index (χ0) is 24.4. The average Bonchev–Trinajstić information content (AvgIpc) is 3.14. The van der Waals surface area contributed by atoms with E-state index >= 15 is 0 Å². The van der Waals surface area contributed by atoms with Crippen LogP contribution in [0, 0.1) is 6.92 Å². The third-order valence-electron chi connectivity index (χ3n) is 4.89. The molecule has 33 heavy (non-hydrogen) atoms. The number of aliphatic hydroxyl groups is 2. The van der Waals surface area contributed by atoms with Gasteiger partial charge in [-0.05, 0) is 53.7 Å². The number of ether oxygens (including phenoxy) is 1. The first-order chi connectivity index (χ1) is 15.4. The van der Waals surface area contributed by atoms with Crippen LogP contribution >= 0.6 is 11.5 Å². The highest BCUT2D eigenvalue weighted by Gasteiger charge is 2.39. The Morgan fingerprint density at radius 3 is 2.30 bits per heavy atom. The molecule has 0 fully saturated rings. The second kappa shape index (κ2) is 9.70. The van der Waals surface area contributed by atoms with Crippen molar-refractivity contribution in [2.24, 2.45) is 0 Å². The number of aryl methyl sites for hydroxylation is 2. The van der Waals surface area contributed by atoms with Crippen molar-refractivity contribution in [3.05, 3.63) is 70.4 Å². The molecule has 4 nitrogen and oxygen atoms in total. The fraction of sp³-hybridized carbons (Fsp3) is 0.318. The number of aromatic nitrogens is 1. The lowest BCUT2D eigenvalue weighted by atomic mass is 10.0. The molecule has 3 aromatic rings. The molecule has 2 N–H and O–H groups in total. The third kappa shape index (κ3) is 6.04. The van der Waals surface area contributed by atoms with Gasteiger partial charge in [0.15, 0.2) is 12.0 Å². The Kier molecular flexibility index (Phi) is 7.35. The Hall–Kier alpha value is -2.63. The Labute approximate surface area is 189 Å². The maximum absolute atomic E-state index is 13.5. The normalized spacial score (nSPS) is 12.4. The summed E-state index contributed by atoms with van der Waals surface area (Å²) in [5, 5.41) is 17.9. The first-order valence-corrected chi connectivity index (χ1v) is 10.5. The first kappa shape index (κ1) is 25.0. The number of hydrogen-bond donors (Lipinski definition) is 2. The highest BCUT2D eigenvalue weighted by molar-refractivity contribution is 7.09. The van der Waals surface area contributed by atoms with Gasteiger partial charge in [-0.2, -0.15) is 30.7 Å². The van der Waals surface area contributed by atoms with Crippen molar-refractivity contribution in [3.63, 3.8) is 0 Å². The van der Waals surface area contributed by atoms with Gasteiger partial charge in [0.25, 0.3) is 0 Å². The Bertz CT molecular complexity index is 1110. The molecule has 2 aromatic carbocycles. The lowest BCUT2D eigenvalue weighted by Crippen LogP contribution is -2.13. The molecule has 0 amide bonds. The highest BCUT2D eigenvalue weighted by Crippen LogP contribution is 2.41. The molecule has 1 heterocycles. The van der Waals surface area contributed by atoms with Crippen molar-refractivity contribution in [1.82, 2.24) is 4.37 Å². The van der Waals surface area contributed by atoms with Gasteiger partial charge in [-0.1, -0.05) is 30.3 Å². The van der Waals surface area contributed by atoms with Gasteiger partial charge in [-0.15, -0.1) is 0 Å². The van der Waals surface area contributed by atoms with Gasteiger partial charge >= 0.3 is 12.4 Å². The predicted molar refractivity (Wildman–Crippen MR) is 110 cm³/mol. The summed E-state index contributed by atoms with van der Waals surface area (Å²) in [6, 6.07) is 9.77. The zero-order valence-electron chi connectivity index (χ0n) is 17.2. The van der Waals surface area contributed by atoms with E-state index in [4.69, 9.17) is 14.9 Å². The fourth-order valence-electron chi connectivity index (χ4n) is 3.27. The van der Waals surface area contributed by atoms with E-state index in [1.54, 1.807) is 31.2 Å². The topological polar surface area (TPSA) is 62.6 Å². The highest BCUT2D eigenvalue weighted by atomic mass is 32.1. The molecule has 0 saturated carbocycles. The van der Waals surface area contributed by atoms with Gasteiger partial charge in [0.1, 0.15) is 12.4 Å². The second-order valence-electron chi connectivity index (χ2n) is 7.28. The smallest absolute Gasteiger partial charge is 0.434 e. The van der Waals surface area contributed by atoms with Crippen LogP contribution in [0.25, 0.3) is 10.4 Å². The van der Waals surface area contributed by atoms with Crippen LogP contribution in [0.3, 0.4) is 0 Å². The summed E-state index contributed by atoms with van der Waals surface area (Å²) in [4.78, 5) is 0.227. The predicted octanol–water partition coefficient (Wildman–Crippen LogP) is 5.98. The van der Waals surface area contributed by atoms with Gasteiger partial charge in [0.2, 0.25) is 0 Å². The van der Waals surface area contributed by atoms with Crippen molar-refractivity contribution in [2.45, 2.75) is 45.0 Å². The summed E-state index contributed by atoms with van der Waals surface area (Å²) in [7, 11) is 0. The van der Waals surface area contributed by atoms with E-state index in [2.05, 4.69) is 4.37 Å². The maximum atomic E-state index is 13.5. The minimum atomic E-state index is -4.76. The first-order valence-electron chi connectivity index (χ1n) is 9.68. The van der Waals surface area contributed by atoms with Gasteiger partial charge in [-0.3, -0.25) is 0 Å². The Morgan fingerprint density at radius 2 is 1.70 bits per heavy atom. The lowest BCUT2D eigenvalue weighted by Gasteiger charge is -2.16. The van der Waals surface area contributed by atoms with E-state index in [9.17, 15) is 26.3 Å². The number of alkyl halides is 6. The van der Waals surface area contributed by atoms with E-state index in [0.29, 0.717) is 28.7 Å². The summed E-state index contributed by atoms with van der Waals surface area (Å²) < 4.78 is 89.9. The third-order valence-corrected chi connectivity index (χ3v) is 5.81. The number of nitrogens with zero attached hydrogens (tertiary/aromatic N) is 1. The van der Waals surface area contributed by atoms with Gasteiger partial charge < -0.3 is 14.9 Å². The SMILES string of the molecule is Cc1ccccc1-c1snc(C(F)(F)F)c1COc1ccc(CCC(O)O)c(C(F)(F)F)c1. The molecule has 0 aliphatic rings. The van der Waals surface area contributed by atoms with Crippen LogP contribution in [0.1, 0.15) is 34.4 Å². The van der Waals surface area contributed by atoms with Crippen LogP contribution in [-0.4, -0.2) is 20.9 Å². The van der Waals surface area contributed by atoms with E-state index in [0.717, 1.165) is 6.07 Å². The minimum absolute atomic E-state index is 0.184. The molecule has 0 bridgehead atoms. The van der Waals surface area contributed by atoms with Crippen LogP contribution in [0.2, 0.25) is 0 Å². The molecule has 3 rings (SSSR count). The van der Waals surface area contributed by atoms with Crippen LogP contribution in [0.5, 0.6) is 5.75 Å². The second-order valence-corrected chi connectivity index (χ2v) is 8.05. The molecule has 0 saturated heterocycles. The summed E-state index contributed by atoms with van der Waals surface area (Å²) >= 11 is 0.647. The van der Waals surface area contributed by atoms with Crippen LogP contribution < -0.4 is 4.74 Å². The molecule has 178 valence electrons. The maximum Gasteiger partial charge on any atom is 0.434 e. The van der Waals surface area contributed by atoms with Crippen LogP contribution in [-0.2, 0) is 25.4 Å². The summed E-state index contributed by atoms with van der Waals surface area (Å²) in [5.41, 5.74) is -1.40. The number of benzene rings is 2. The summed E-state index contributed by atoms with van der Waals surface area (Å²) in [5.74, 6) is -0.273. The van der Waals surface area contributed by atoms with Crippen LogP contribution in [0.4, 0.5) is 26.3 Å². The van der Waals surface area contributed by atoms with Crippen molar-refractivity contribution < 1.29 is 41.3 Å². The largest absolute Gasteiger partial charge is 0.489 e. The average molecular weight is 491 g/mol. The molecular weight excluding hydrogens is 472 g/mol. The standard InChI is InChI=1S/C22H19F6NO3S/c1-12-4-2-3-5-15(12)19-16(20(29-33-19)22(26,27)28)11-32-14-8-6-13(7-9-18(30)31)17(10-14)21(23,24)25/h2-6,8,10,18,30-31H,7,9,11H2,1H3. The van der Waals surface area contributed by atoms with Crippen molar-refractivity contribution in [2.75, 3.05) is 0 Å². The van der Waals surface area contributed by atoms with E-state index in [-0.39, 0.29) is 34.6 Å². The number of hydrogen-bond acceptors (Lipinski definition) is 5. The van der Waals surface area contributed by atoms with Gasteiger partial charge in [-0.25, -0.2) is 0 Å². The molecule has 0 radical (unpaired) electrons. The van der Waals surface area contributed by atoms with E-state index in [1.807, 2.05) is 0 Å². The van der Waals surface area contributed by atoms with Gasteiger partial charge in [0.05, 0.1) is 10.4 Å². The Morgan fingerprint density at radius 1 is 1.00 bits per heavy atom. The fourth-order valence-corrected chi connectivity index (χ4v) is 4.26. The zero-order valence-corrected chi connectivity index (χ0v) is 18.0. The molecule has 0 aliphatic heterocycles. The Balaban J connectivity index is 1.95. The molecular formula is C22H19F6NO3S. The van der Waals surface area contributed by atoms with Crippen molar-refractivity contribution in [3.8, 4) is 16.2 Å². The van der Waals surface area contributed by atoms with Gasteiger partial charge in [0, 0.05) is 12.0 Å². The van der Waals surface area contributed by atoms with Crippen molar-refractivity contribution in [1.29, 1.82) is 0 Å². The van der Waals surface area contributed by atoms with E-state index in [1.165, 1.54) is 6.07 Å². The van der Waals surface area contributed by atoms with Crippen molar-refractivity contribution >= 4 is 11.5 Å². The monoisotopic (exact) mass is 491 g/mol. The summed E-state index contributed by atoms with van der Waals surface area (Å²) in [6.07, 6.45) is -11.9. The summed E-state index contributed by atoms with van der Waals surface area (Å²) in [6.45, 7) is 1.09. The van der Waals surface area contributed by atoms with E-state index < -0.39 is 36.5 Å². The molecule has 1 aromatic heterocycles. The molecule has 11 heteroatoms. The molecule has 0 aliphatic carbocycles. The molecule has 0 spiro atoms. The lowest BCUT2D eigenvalue weighted by molar-refractivity contribution is -0.141. The molecule has 0 atom stereocenters. The van der Waals surface area contributed by atoms with Crippen LogP contribution in [0.15, 0.2) is 42.5 Å².